The zero-order chi connectivity index (χ0) is 13.2. The number of nitrogens with two attached hydrogens (primary N) is 1. The molecule has 0 radical (unpaired) electrons. The summed E-state index contributed by atoms with van der Waals surface area (Å²) >= 11 is 3.03. The highest BCUT2D eigenvalue weighted by Crippen LogP contribution is 2.25. The highest BCUT2D eigenvalue weighted by molar-refractivity contribution is 9.10. The maximum Gasteiger partial charge on any atom is 0.404 e. The first-order chi connectivity index (χ1) is 7.77. The molecule has 0 fully saturated rings. The number of hydrogen-bond donors (Lipinski definition) is 2. The van der Waals surface area contributed by atoms with Crippen molar-refractivity contribution in [2.24, 2.45) is 11.3 Å². The average molecular weight is 306 g/mol. The largest absolute Gasteiger partial charge is 0.404 e. The molecule has 3 N–H and O–H groups in total. The number of hydrazine groups is 1. The molecular weight excluding hydrogens is 294 g/mol. The molecule has 0 aliphatic rings. The molecule has 1 aromatic heterocycles. The van der Waals surface area contributed by atoms with Crippen LogP contribution in [0.2, 0.25) is 0 Å². The van der Waals surface area contributed by atoms with Gasteiger partial charge in [0.15, 0.2) is 0 Å². The Labute approximate surface area is 105 Å². The zero-order valence-corrected chi connectivity index (χ0v) is 10.9. The van der Waals surface area contributed by atoms with Gasteiger partial charge in [-0.1, -0.05) is 0 Å². The van der Waals surface area contributed by atoms with Gasteiger partial charge in [0.25, 0.3) is 0 Å². The quantitative estimate of drug-likeness (QED) is 0.365. The summed E-state index contributed by atoms with van der Waals surface area (Å²) in [5, 5.41) is 14.4. The minimum absolute atomic E-state index is 0.183. The van der Waals surface area contributed by atoms with Crippen LogP contribution in [-0.2, 0) is 11.3 Å². The van der Waals surface area contributed by atoms with Crippen LogP contribution in [0.5, 0.6) is 0 Å². The second-order valence-corrected chi connectivity index (χ2v) is 4.97. The highest BCUT2D eigenvalue weighted by Gasteiger charge is 2.30. The molecule has 1 rings (SSSR count). The fourth-order valence-corrected chi connectivity index (χ4v) is 1.72. The van der Waals surface area contributed by atoms with Crippen LogP contribution in [0, 0.1) is 15.5 Å². The first-order valence-corrected chi connectivity index (χ1v) is 5.45. The van der Waals surface area contributed by atoms with Gasteiger partial charge in [-0.15, -0.1) is 0 Å². The molecule has 0 unspecified atom stereocenters. The van der Waals surface area contributed by atoms with Gasteiger partial charge in [-0.05, 0) is 34.7 Å². The van der Waals surface area contributed by atoms with Crippen molar-refractivity contribution in [1.82, 2.24) is 15.2 Å². The maximum atomic E-state index is 11.4. The monoisotopic (exact) mass is 305 g/mol. The van der Waals surface area contributed by atoms with E-state index in [0.29, 0.717) is 0 Å². The van der Waals surface area contributed by atoms with E-state index in [9.17, 15) is 14.9 Å². The summed E-state index contributed by atoms with van der Waals surface area (Å²) in [4.78, 5) is 21.4. The lowest BCUT2D eigenvalue weighted by molar-refractivity contribution is -0.390. The molecule has 0 aromatic carbocycles. The van der Waals surface area contributed by atoms with Crippen molar-refractivity contribution in [3.05, 3.63) is 20.8 Å². The van der Waals surface area contributed by atoms with Crippen molar-refractivity contribution in [3.8, 4) is 0 Å². The lowest BCUT2D eigenvalue weighted by Crippen LogP contribution is -2.43. The molecule has 1 aromatic rings. The van der Waals surface area contributed by atoms with Crippen LogP contribution in [0.25, 0.3) is 0 Å². The van der Waals surface area contributed by atoms with Crippen molar-refractivity contribution in [2.45, 2.75) is 20.4 Å². The molecular formula is C8H12BrN5O3. The molecule has 0 saturated carbocycles. The van der Waals surface area contributed by atoms with E-state index in [1.807, 2.05) is 5.43 Å². The SMILES string of the molecule is CC(C)(Cn1cc(Br)c([N+](=O)[O-])n1)C(=O)NN. The number of amides is 1. The highest BCUT2D eigenvalue weighted by atomic mass is 79.9. The second kappa shape index (κ2) is 4.80. The van der Waals surface area contributed by atoms with Crippen LogP contribution in [-0.4, -0.2) is 20.6 Å². The third-order valence-corrected chi connectivity index (χ3v) is 2.73. The summed E-state index contributed by atoms with van der Waals surface area (Å²) in [6.45, 7) is 3.51. The summed E-state index contributed by atoms with van der Waals surface area (Å²) < 4.78 is 1.60. The van der Waals surface area contributed by atoms with Crippen LogP contribution < -0.4 is 11.3 Å². The minimum atomic E-state index is -0.811. The van der Waals surface area contributed by atoms with E-state index in [1.54, 1.807) is 13.8 Å². The Balaban J connectivity index is 2.93. The number of rotatable bonds is 4. The topological polar surface area (TPSA) is 116 Å². The first kappa shape index (κ1) is 13.6. The van der Waals surface area contributed by atoms with Crippen molar-refractivity contribution in [1.29, 1.82) is 0 Å². The molecule has 17 heavy (non-hydrogen) atoms. The van der Waals surface area contributed by atoms with Crippen molar-refractivity contribution < 1.29 is 9.72 Å². The van der Waals surface area contributed by atoms with E-state index in [0.717, 1.165) is 0 Å². The van der Waals surface area contributed by atoms with E-state index >= 15 is 0 Å². The number of halogens is 1. The van der Waals surface area contributed by atoms with E-state index in [2.05, 4.69) is 21.0 Å². The summed E-state index contributed by atoms with van der Waals surface area (Å²) in [6, 6.07) is 0. The number of hydrogen-bond acceptors (Lipinski definition) is 5. The van der Waals surface area contributed by atoms with Gasteiger partial charge in [0.1, 0.15) is 4.47 Å². The van der Waals surface area contributed by atoms with Crippen LogP contribution in [0.3, 0.4) is 0 Å². The molecule has 0 bridgehead atoms. The first-order valence-electron chi connectivity index (χ1n) is 4.66. The Bertz CT molecular complexity index is 456. The number of nitrogens with one attached hydrogen (secondary N) is 1. The van der Waals surface area contributed by atoms with Crippen molar-refractivity contribution in [3.63, 3.8) is 0 Å². The molecule has 94 valence electrons. The van der Waals surface area contributed by atoms with Gasteiger partial charge >= 0.3 is 5.82 Å². The van der Waals surface area contributed by atoms with E-state index in [4.69, 9.17) is 5.84 Å². The Morgan fingerprint density at radius 1 is 1.76 bits per heavy atom. The Morgan fingerprint density at radius 3 is 2.76 bits per heavy atom. The minimum Gasteiger partial charge on any atom is -0.358 e. The molecule has 9 heteroatoms. The summed E-state index contributed by atoms with van der Waals surface area (Å²) in [7, 11) is 0. The van der Waals surface area contributed by atoms with Gasteiger partial charge in [-0.2, -0.15) is 4.68 Å². The van der Waals surface area contributed by atoms with Crippen LogP contribution in [0.1, 0.15) is 13.8 Å². The Morgan fingerprint density at radius 2 is 2.35 bits per heavy atom. The number of carbonyl (C=O) groups is 1. The van der Waals surface area contributed by atoms with E-state index in [1.165, 1.54) is 10.9 Å². The van der Waals surface area contributed by atoms with Gasteiger partial charge in [0.05, 0.1) is 23.3 Å². The average Bonchev–Trinajstić information content (AvgIpc) is 2.57. The molecule has 1 heterocycles. The van der Waals surface area contributed by atoms with Gasteiger partial charge in [-0.25, -0.2) is 5.84 Å². The third-order valence-electron chi connectivity index (χ3n) is 2.18. The smallest absolute Gasteiger partial charge is 0.358 e. The number of carbonyl (C=O) groups excluding carboxylic acids is 1. The van der Waals surface area contributed by atoms with E-state index < -0.39 is 10.3 Å². The van der Waals surface area contributed by atoms with Crippen LogP contribution in [0.15, 0.2) is 10.7 Å². The third kappa shape index (κ3) is 3.01. The fraction of sp³-hybridized carbons (Fsp3) is 0.500. The molecule has 0 aliphatic carbocycles. The maximum absolute atomic E-state index is 11.4. The lowest BCUT2D eigenvalue weighted by Gasteiger charge is -2.20. The number of nitro groups is 1. The van der Waals surface area contributed by atoms with Gasteiger partial charge in [0.2, 0.25) is 5.91 Å². The van der Waals surface area contributed by atoms with Gasteiger partial charge in [-0.3, -0.25) is 10.2 Å². The standard InChI is InChI=1S/C8H12BrN5O3/c1-8(2,7(15)11-10)4-13-3-5(9)6(12-13)14(16)17/h3H,4,10H2,1-2H3,(H,11,15). The molecule has 1 amide bonds. The molecule has 0 saturated heterocycles. The van der Waals surface area contributed by atoms with Crippen LogP contribution in [0.4, 0.5) is 5.82 Å². The number of aromatic nitrogens is 2. The predicted octanol–water partition coefficient (Wildman–Crippen LogP) is 0.570. The summed E-state index contributed by atoms with van der Waals surface area (Å²) in [5.74, 6) is 4.40. The lowest BCUT2D eigenvalue weighted by atomic mass is 9.93. The summed E-state index contributed by atoms with van der Waals surface area (Å²) in [5.41, 5.74) is 1.23. The molecule has 0 spiro atoms. The van der Waals surface area contributed by atoms with E-state index in [-0.39, 0.29) is 22.7 Å². The Hall–Kier alpha value is -1.48. The van der Waals surface area contributed by atoms with Gasteiger partial charge in [0, 0.05) is 0 Å². The normalized spacial score (nSPS) is 11.3. The number of nitrogens with zero attached hydrogens (tertiary/aromatic N) is 3. The molecule has 0 atom stereocenters. The fourth-order valence-electron chi connectivity index (χ4n) is 1.26. The van der Waals surface area contributed by atoms with Crippen molar-refractivity contribution in [2.75, 3.05) is 0 Å². The second-order valence-electron chi connectivity index (χ2n) is 4.11. The van der Waals surface area contributed by atoms with Gasteiger partial charge < -0.3 is 10.1 Å². The Kier molecular flexibility index (Phi) is 3.83. The van der Waals surface area contributed by atoms with Crippen molar-refractivity contribution >= 4 is 27.7 Å². The van der Waals surface area contributed by atoms with Crippen LogP contribution >= 0.6 is 15.9 Å². The molecule has 8 nitrogen and oxygen atoms in total. The zero-order valence-electron chi connectivity index (χ0n) is 9.31. The molecule has 0 aliphatic heterocycles. The summed E-state index contributed by atoms with van der Waals surface area (Å²) in [6.07, 6.45) is 1.45. The predicted molar refractivity (Wildman–Crippen MR) is 62.7 cm³/mol.